The zero-order valence-corrected chi connectivity index (χ0v) is 11.1. The van der Waals surface area contributed by atoms with Crippen LogP contribution in [-0.2, 0) is 0 Å². The maximum atomic E-state index is 12.9. The molecule has 1 saturated heterocycles. The first kappa shape index (κ1) is 13.6. The highest BCUT2D eigenvalue weighted by molar-refractivity contribution is 5.45. The maximum Gasteiger partial charge on any atom is 0.240 e. The summed E-state index contributed by atoms with van der Waals surface area (Å²) in [6.07, 6.45) is -2.47. The van der Waals surface area contributed by atoms with E-state index in [2.05, 4.69) is 10.2 Å². The van der Waals surface area contributed by atoms with E-state index in [1.54, 1.807) is 6.07 Å². The largest absolute Gasteiger partial charge is 0.454 e. The standard InChI is InChI=1S/C14H18F2N2O2/c15-14(16)8-11(18-5-3-17-4-6-18)10-1-2-12-13(7-10)20-9-19-12/h1-2,7,11,14,17H,3-6,8-9H2/t11-/m1/s1. The van der Waals surface area contributed by atoms with Gasteiger partial charge < -0.3 is 14.8 Å². The van der Waals surface area contributed by atoms with Gasteiger partial charge in [-0.25, -0.2) is 8.78 Å². The Morgan fingerprint density at radius 3 is 2.65 bits per heavy atom. The molecule has 0 radical (unpaired) electrons. The molecule has 0 aromatic heterocycles. The second-order valence-electron chi connectivity index (χ2n) is 5.04. The lowest BCUT2D eigenvalue weighted by Gasteiger charge is -2.35. The minimum atomic E-state index is -2.32. The fourth-order valence-corrected chi connectivity index (χ4v) is 2.78. The second-order valence-corrected chi connectivity index (χ2v) is 5.04. The molecular formula is C14H18F2N2O2. The lowest BCUT2D eigenvalue weighted by Crippen LogP contribution is -2.45. The SMILES string of the molecule is FC(F)C[C@H](c1ccc2c(c1)OCO2)N1CCNCC1. The highest BCUT2D eigenvalue weighted by atomic mass is 19.3. The molecule has 0 unspecified atom stereocenters. The van der Waals surface area contributed by atoms with E-state index in [0.717, 1.165) is 31.7 Å². The normalized spacial score (nSPS) is 20.4. The van der Waals surface area contributed by atoms with Crippen molar-refractivity contribution in [3.8, 4) is 11.5 Å². The highest BCUT2D eigenvalue weighted by Gasteiger charge is 2.27. The van der Waals surface area contributed by atoms with Gasteiger partial charge >= 0.3 is 0 Å². The van der Waals surface area contributed by atoms with E-state index >= 15 is 0 Å². The van der Waals surface area contributed by atoms with Crippen molar-refractivity contribution in [3.05, 3.63) is 23.8 Å². The fourth-order valence-electron chi connectivity index (χ4n) is 2.78. The van der Waals surface area contributed by atoms with Gasteiger partial charge in [-0.3, -0.25) is 4.90 Å². The summed E-state index contributed by atoms with van der Waals surface area (Å²) in [5, 5.41) is 3.24. The molecule has 1 aromatic rings. The van der Waals surface area contributed by atoms with Crippen LogP contribution in [0.4, 0.5) is 8.78 Å². The van der Waals surface area contributed by atoms with Crippen LogP contribution in [0.25, 0.3) is 0 Å². The molecule has 1 N–H and O–H groups in total. The molecule has 0 amide bonds. The number of benzene rings is 1. The summed E-state index contributed by atoms with van der Waals surface area (Å²) >= 11 is 0. The van der Waals surface area contributed by atoms with Gasteiger partial charge in [-0.05, 0) is 17.7 Å². The number of halogens is 2. The molecule has 1 atom stereocenters. The lowest BCUT2D eigenvalue weighted by molar-refractivity contribution is 0.0738. The molecule has 2 aliphatic rings. The molecule has 2 aliphatic heterocycles. The summed E-state index contributed by atoms with van der Waals surface area (Å²) in [5.74, 6) is 1.33. The maximum absolute atomic E-state index is 12.9. The number of rotatable bonds is 4. The summed E-state index contributed by atoms with van der Waals surface area (Å²) in [6, 6.07) is 5.23. The molecular weight excluding hydrogens is 266 g/mol. The highest BCUT2D eigenvalue weighted by Crippen LogP contribution is 2.37. The predicted molar refractivity (Wildman–Crippen MR) is 70.4 cm³/mol. The third kappa shape index (κ3) is 2.86. The minimum Gasteiger partial charge on any atom is -0.454 e. The molecule has 1 aromatic carbocycles. The number of hydrogen-bond acceptors (Lipinski definition) is 4. The molecule has 0 aliphatic carbocycles. The molecule has 3 rings (SSSR count). The number of nitrogens with zero attached hydrogens (tertiary/aromatic N) is 1. The molecule has 2 heterocycles. The summed E-state index contributed by atoms with van der Waals surface area (Å²) in [4.78, 5) is 2.11. The first-order valence-electron chi connectivity index (χ1n) is 6.86. The van der Waals surface area contributed by atoms with Crippen molar-refractivity contribution in [2.45, 2.75) is 18.9 Å². The van der Waals surface area contributed by atoms with Crippen molar-refractivity contribution in [3.63, 3.8) is 0 Å². The van der Waals surface area contributed by atoms with Crippen molar-refractivity contribution < 1.29 is 18.3 Å². The Labute approximate surface area is 116 Å². The van der Waals surface area contributed by atoms with Crippen LogP contribution in [0.1, 0.15) is 18.0 Å². The van der Waals surface area contributed by atoms with Crippen LogP contribution in [0.15, 0.2) is 18.2 Å². The van der Waals surface area contributed by atoms with E-state index in [1.165, 1.54) is 0 Å². The first-order chi connectivity index (χ1) is 9.74. The number of ether oxygens (including phenoxy) is 2. The Morgan fingerprint density at radius 2 is 1.90 bits per heavy atom. The molecule has 4 nitrogen and oxygen atoms in total. The van der Waals surface area contributed by atoms with Gasteiger partial charge in [0.2, 0.25) is 13.2 Å². The topological polar surface area (TPSA) is 33.7 Å². The molecule has 0 saturated carbocycles. The van der Waals surface area contributed by atoms with Gasteiger partial charge in [-0.2, -0.15) is 0 Å². The predicted octanol–water partition coefficient (Wildman–Crippen LogP) is 2.02. The van der Waals surface area contributed by atoms with Crippen molar-refractivity contribution in [2.75, 3.05) is 33.0 Å². The second kappa shape index (κ2) is 5.93. The molecule has 0 spiro atoms. The Kier molecular flexibility index (Phi) is 4.03. The summed E-state index contributed by atoms with van der Waals surface area (Å²) in [5.41, 5.74) is 0.872. The van der Waals surface area contributed by atoms with Gasteiger partial charge in [0.25, 0.3) is 0 Å². The van der Waals surface area contributed by atoms with Crippen molar-refractivity contribution in [1.29, 1.82) is 0 Å². The van der Waals surface area contributed by atoms with Gasteiger partial charge in [0.15, 0.2) is 11.5 Å². The van der Waals surface area contributed by atoms with Crippen LogP contribution in [-0.4, -0.2) is 44.3 Å². The van der Waals surface area contributed by atoms with E-state index in [0.29, 0.717) is 11.5 Å². The molecule has 1 fully saturated rings. The van der Waals surface area contributed by atoms with Gasteiger partial charge in [0.1, 0.15) is 0 Å². The van der Waals surface area contributed by atoms with Crippen molar-refractivity contribution >= 4 is 0 Å². The Morgan fingerprint density at radius 1 is 1.15 bits per heavy atom. The van der Waals surface area contributed by atoms with Crippen LogP contribution in [0.2, 0.25) is 0 Å². The Hall–Kier alpha value is -1.40. The zero-order chi connectivity index (χ0) is 13.9. The Balaban J connectivity index is 1.83. The van der Waals surface area contributed by atoms with Crippen LogP contribution in [0.5, 0.6) is 11.5 Å². The van der Waals surface area contributed by atoms with E-state index in [9.17, 15) is 8.78 Å². The minimum absolute atomic E-state index is 0.153. The van der Waals surface area contributed by atoms with Gasteiger partial charge in [0, 0.05) is 38.6 Å². The summed E-state index contributed by atoms with van der Waals surface area (Å²) < 4.78 is 36.4. The zero-order valence-electron chi connectivity index (χ0n) is 11.1. The third-order valence-electron chi connectivity index (χ3n) is 3.78. The number of nitrogens with one attached hydrogen (secondary N) is 1. The molecule has 0 bridgehead atoms. The van der Waals surface area contributed by atoms with E-state index in [4.69, 9.17) is 9.47 Å². The van der Waals surface area contributed by atoms with Crippen molar-refractivity contribution in [1.82, 2.24) is 10.2 Å². The van der Waals surface area contributed by atoms with Crippen LogP contribution in [0, 0.1) is 0 Å². The van der Waals surface area contributed by atoms with E-state index < -0.39 is 6.43 Å². The third-order valence-corrected chi connectivity index (χ3v) is 3.78. The average Bonchev–Trinajstić information content (AvgIpc) is 2.93. The molecule has 20 heavy (non-hydrogen) atoms. The van der Waals surface area contributed by atoms with Gasteiger partial charge in [-0.1, -0.05) is 6.07 Å². The van der Waals surface area contributed by atoms with Crippen molar-refractivity contribution in [2.24, 2.45) is 0 Å². The smallest absolute Gasteiger partial charge is 0.240 e. The number of fused-ring (bicyclic) bond motifs is 1. The van der Waals surface area contributed by atoms with E-state index in [-0.39, 0.29) is 19.3 Å². The van der Waals surface area contributed by atoms with Crippen LogP contribution in [0.3, 0.4) is 0 Å². The van der Waals surface area contributed by atoms with Crippen LogP contribution >= 0.6 is 0 Å². The number of hydrogen-bond donors (Lipinski definition) is 1. The molecule has 110 valence electrons. The Bertz CT molecular complexity index is 464. The number of piperazine rings is 1. The average molecular weight is 284 g/mol. The van der Waals surface area contributed by atoms with Gasteiger partial charge in [-0.15, -0.1) is 0 Å². The quantitative estimate of drug-likeness (QED) is 0.917. The molecule has 6 heteroatoms. The van der Waals surface area contributed by atoms with Crippen LogP contribution < -0.4 is 14.8 Å². The first-order valence-corrected chi connectivity index (χ1v) is 6.86. The lowest BCUT2D eigenvalue weighted by atomic mass is 10.0. The van der Waals surface area contributed by atoms with Gasteiger partial charge in [0.05, 0.1) is 0 Å². The fraction of sp³-hybridized carbons (Fsp3) is 0.571. The summed E-state index contributed by atoms with van der Waals surface area (Å²) in [6.45, 7) is 3.44. The number of alkyl halides is 2. The monoisotopic (exact) mass is 284 g/mol. The summed E-state index contributed by atoms with van der Waals surface area (Å²) in [7, 11) is 0. The van der Waals surface area contributed by atoms with E-state index in [1.807, 2.05) is 12.1 Å².